The highest BCUT2D eigenvalue weighted by atomic mass is 16.6. The topological polar surface area (TPSA) is 146 Å². The van der Waals surface area contributed by atoms with Crippen LogP contribution in [0.3, 0.4) is 0 Å². The summed E-state index contributed by atoms with van der Waals surface area (Å²) in [7, 11) is 0. The summed E-state index contributed by atoms with van der Waals surface area (Å²) in [5.74, 6) is -2.63. The molecular weight excluding hydrogens is 492 g/mol. The molecule has 11 heteroatoms. The van der Waals surface area contributed by atoms with Crippen molar-refractivity contribution in [2.45, 2.75) is 47.1 Å². The predicted octanol–water partition coefficient (Wildman–Crippen LogP) is 3.87. The molecule has 204 valence electrons. The maximum atomic E-state index is 13.3. The fourth-order valence-corrected chi connectivity index (χ4v) is 4.89. The van der Waals surface area contributed by atoms with E-state index >= 15 is 0 Å². The lowest BCUT2D eigenvalue weighted by Gasteiger charge is -2.26. The van der Waals surface area contributed by atoms with Gasteiger partial charge in [0.25, 0.3) is 17.4 Å². The minimum atomic E-state index is -0.952. The molecule has 0 bridgehead atoms. The van der Waals surface area contributed by atoms with Gasteiger partial charge in [-0.15, -0.1) is 0 Å². The molecule has 0 radical (unpaired) electrons. The van der Waals surface area contributed by atoms with E-state index in [1.165, 1.54) is 29.2 Å². The number of ketones is 1. The number of ether oxygens (including phenoxy) is 1. The van der Waals surface area contributed by atoms with Gasteiger partial charge in [0.2, 0.25) is 0 Å². The zero-order valence-electron chi connectivity index (χ0n) is 22.4. The minimum absolute atomic E-state index is 0.132. The molecule has 0 spiro atoms. The average Bonchev–Trinajstić information content (AvgIpc) is 3.33. The van der Waals surface area contributed by atoms with E-state index in [2.05, 4.69) is 9.88 Å². The maximum absolute atomic E-state index is 13.3. The quantitative estimate of drug-likeness (QED) is 0.112. The average molecular weight is 527 g/mol. The van der Waals surface area contributed by atoms with Crippen LogP contribution in [0.5, 0.6) is 0 Å². The number of likely N-dealkylation sites (tertiary alicyclic amines) is 1. The number of Topliss-reactive ketones (excluding diaryl/α,β-unsaturated/α-hetero) is 1. The molecule has 2 aromatic rings. The number of aliphatic hydroxyl groups excluding tert-OH is 1. The monoisotopic (exact) mass is 526 g/mol. The van der Waals surface area contributed by atoms with Crippen molar-refractivity contribution in [3.8, 4) is 0 Å². The second-order valence-electron chi connectivity index (χ2n) is 9.07. The first kappa shape index (κ1) is 28.6. The van der Waals surface area contributed by atoms with Gasteiger partial charge in [-0.1, -0.05) is 13.8 Å². The Morgan fingerprint density at radius 2 is 1.79 bits per heavy atom. The van der Waals surface area contributed by atoms with Gasteiger partial charge in [0.05, 0.1) is 23.1 Å². The predicted molar refractivity (Wildman–Crippen MR) is 141 cm³/mol. The molecule has 0 saturated carbocycles. The summed E-state index contributed by atoms with van der Waals surface area (Å²) < 4.78 is 5.08. The van der Waals surface area contributed by atoms with Crippen LogP contribution in [-0.2, 0) is 14.3 Å². The van der Waals surface area contributed by atoms with Crippen LogP contribution in [0.1, 0.15) is 66.1 Å². The number of nitrogens with one attached hydrogen (secondary N) is 1. The van der Waals surface area contributed by atoms with Crippen molar-refractivity contribution in [3.63, 3.8) is 0 Å². The van der Waals surface area contributed by atoms with Crippen molar-refractivity contribution in [1.29, 1.82) is 0 Å². The Morgan fingerprint density at radius 3 is 2.34 bits per heavy atom. The van der Waals surface area contributed by atoms with Crippen LogP contribution < -0.4 is 0 Å². The Morgan fingerprint density at radius 1 is 1.16 bits per heavy atom. The fourth-order valence-electron chi connectivity index (χ4n) is 4.89. The van der Waals surface area contributed by atoms with Crippen LogP contribution in [0.25, 0.3) is 5.76 Å². The van der Waals surface area contributed by atoms with E-state index in [0.717, 1.165) is 13.1 Å². The number of carbonyl (C=O) groups excluding carboxylic acids is 3. The number of hydrogen-bond donors (Lipinski definition) is 2. The molecule has 1 unspecified atom stereocenters. The molecule has 1 aliphatic heterocycles. The number of non-ortho nitro benzene ring substituents is 1. The van der Waals surface area contributed by atoms with E-state index < -0.39 is 34.4 Å². The Balaban J connectivity index is 2.13. The maximum Gasteiger partial charge on any atom is 0.355 e. The second-order valence-corrected chi connectivity index (χ2v) is 9.07. The lowest BCUT2D eigenvalue weighted by atomic mass is 9.94. The van der Waals surface area contributed by atoms with Crippen LogP contribution in [0, 0.1) is 24.0 Å². The molecule has 1 aliphatic rings. The third kappa shape index (κ3) is 5.47. The SMILES string of the molecule is CCOC(=O)c1[nH]c(C)c(/C(O)=C2\C(=O)C(=O)N(CCCN(CC)CC)C2c2ccc([N+](=O)[O-])cc2)c1C. The second kappa shape index (κ2) is 12.0. The van der Waals surface area contributed by atoms with E-state index in [0.29, 0.717) is 29.8 Å². The summed E-state index contributed by atoms with van der Waals surface area (Å²) in [5, 5.41) is 22.7. The first-order chi connectivity index (χ1) is 18.1. The molecule has 1 amide bonds. The van der Waals surface area contributed by atoms with Crippen molar-refractivity contribution in [2.75, 3.05) is 32.8 Å². The molecule has 1 saturated heterocycles. The number of H-pyrrole nitrogens is 1. The fraction of sp³-hybridized carbons (Fsp3) is 0.444. The number of aryl methyl sites for hydroxylation is 1. The van der Waals surface area contributed by atoms with Gasteiger partial charge in [-0.05, 0) is 70.1 Å². The van der Waals surface area contributed by atoms with E-state index in [1.807, 2.05) is 13.8 Å². The molecule has 3 rings (SSSR count). The number of hydrogen-bond acceptors (Lipinski definition) is 8. The highest BCUT2D eigenvalue weighted by Gasteiger charge is 2.46. The van der Waals surface area contributed by atoms with Crippen LogP contribution in [0.4, 0.5) is 5.69 Å². The van der Waals surface area contributed by atoms with Crippen LogP contribution >= 0.6 is 0 Å². The lowest BCUT2D eigenvalue weighted by Crippen LogP contribution is -2.33. The summed E-state index contributed by atoms with van der Waals surface area (Å²) >= 11 is 0. The minimum Gasteiger partial charge on any atom is -0.507 e. The van der Waals surface area contributed by atoms with Crippen molar-refractivity contribution in [2.24, 2.45) is 0 Å². The van der Waals surface area contributed by atoms with Crippen molar-refractivity contribution >= 4 is 29.1 Å². The molecule has 1 aromatic heterocycles. The van der Waals surface area contributed by atoms with Gasteiger partial charge >= 0.3 is 5.97 Å². The molecule has 1 aromatic carbocycles. The number of aromatic nitrogens is 1. The molecule has 11 nitrogen and oxygen atoms in total. The van der Waals surface area contributed by atoms with Crippen LogP contribution in [0.15, 0.2) is 29.8 Å². The highest BCUT2D eigenvalue weighted by molar-refractivity contribution is 6.46. The summed E-state index contributed by atoms with van der Waals surface area (Å²) in [4.78, 5) is 56.1. The van der Waals surface area contributed by atoms with Gasteiger partial charge < -0.3 is 24.6 Å². The third-order valence-electron chi connectivity index (χ3n) is 6.88. The van der Waals surface area contributed by atoms with E-state index in [-0.39, 0.29) is 35.7 Å². The molecule has 0 aliphatic carbocycles. The van der Waals surface area contributed by atoms with Crippen LogP contribution in [0.2, 0.25) is 0 Å². The Bertz CT molecular complexity index is 1260. The molecular formula is C27H34N4O7. The van der Waals surface area contributed by atoms with Gasteiger partial charge in [0.15, 0.2) is 0 Å². The number of nitro groups is 1. The third-order valence-corrected chi connectivity index (χ3v) is 6.88. The molecule has 1 atom stereocenters. The number of rotatable bonds is 11. The smallest absolute Gasteiger partial charge is 0.355 e. The number of carbonyl (C=O) groups is 3. The zero-order chi connectivity index (χ0) is 28.1. The molecule has 1 fully saturated rings. The number of nitrogens with zero attached hydrogens (tertiary/aromatic N) is 3. The standard InChI is InChI=1S/C27H34N4O7/c1-6-29(7-2)14-9-15-30-23(18-10-12-19(13-11-18)31(36)37)21(25(33)26(30)34)24(32)20-16(4)22(28-17(20)5)27(35)38-8-3/h10-13,23,28,32H,6-9,14-15H2,1-5H3/b24-21+. The van der Waals surface area contributed by atoms with Gasteiger partial charge in [0, 0.05) is 29.9 Å². The number of aliphatic hydroxyl groups is 1. The first-order valence-electron chi connectivity index (χ1n) is 12.7. The van der Waals surface area contributed by atoms with E-state index in [4.69, 9.17) is 4.74 Å². The molecule has 38 heavy (non-hydrogen) atoms. The number of amides is 1. The first-order valence-corrected chi connectivity index (χ1v) is 12.7. The van der Waals surface area contributed by atoms with Gasteiger partial charge in [0.1, 0.15) is 11.5 Å². The summed E-state index contributed by atoms with van der Waals surface area (Å²) in [6, 6.07) is 4.63. The largest absolute Gasteiger partial charge is 0.507 e. The van der Waals surface area contributed by atoms with Crippen molar-refractivity contribution in [3.05, 3.63) is 68.0 Å². The number of aromatic amines is 1. The summed E-state index contributed by atoms with van der Waals surface area (Å²) in [6.07, 6.45) is 0.591. The normalized spacial score (nSPS) is 16.9. The zero-order valence-corrected chi connectivity index (χ0v) is 22.4. The Labute approximate surface area is 221 Å². The van der Waals surface area contributed by atoms with Crippen LogP contribution in [-0.4, -0.2) is 75.3 Å². The Kier molecular flexibility index (Phi) is 9.05. The number of benzene rings is 1. The van der Waals surface area contributed by atoms with Gasteiger partial charge in [-0.3, -0.25) is 19.7 Å². The Hall–Kier alpha value is -3.99. The van der Waals surface area contributed by atoms with E-state index in [1.54, 1.807) is 20.8 Å². The molecule has 2 heterocycles. The summed E-state index contributed by atoms with van der Waals surface area (Å²) in [6.45, 7) is 11.8. The lowest BCUT2D eigenvalue weighted by molar-refractivity contribution is -0.384. The highest BCUT2D eigenvalue weighted by Crippen LogP contribution is 2.41. The number of nitro benzene ring substituents is 1. The summed E-state index contributed by atoms with van der Waals surface area (Å²) in [5.41, 5.74) is 1.38. The van der Waals surface area contributed by atoms with Crippen molar-refractivity contribution in [1.82, 2.24) is 14.8 Å². The molecule has 2 N–H and O–H groups in total. The van der Waals surface area contributed by atoms with Gasteiger partial charge in [-0.2, -0.15) is 0 Å². The van der Waals surface area contributed by atoms with Gasteiger partial charge in [-0.25, -0.2) is 4.79 Å². The van der Waals surface area contributed by atoms with Crippen molar-refractivity contribution < 1.29 is 29.2 Å². The van der Waals surface area contributed by atoms with E-state index in [9.17, 15) is 29.6 Å². The number of esters is 1.